The molecule has 0 rings (SSSR count). The summed E-state index contributed by atoms with van der Waals surface area (Å²) in [5, 5.41) is 3.19. The van der Waals surface area contributed by atoms with Gasteiger partial charge in [0.15, 0.2) is 0 Å². The first-order chi connectivity index (χ1) is 7.37. The van der Waals surface area contributed by atoms with Crippen molar-refractivity contribution in [1.29, 1.82) is 0 Å². The highest BCUT2D eigenvalue weighted by Crippen LogP contribution is 2.15. The third-order valence-corrected chi connectivity index (χ3v) is 3.14. The topological polar surface area (TPSA) is 58.4 Å². The molecule has 0 radical (unpaired) electrons. The Balaban J connectivity index is 4.45. The molecular weight excluding hydrogens is 202 g/mol. The average molecular weight is 229 g/mol. The summed E-state index contributed by atoms with van der Waals surface area (Å²) >= 11 is 0. The van der Waals surface area contributed by atoms with Crippen LogP contribution >= 0.6 is 0 Å². The van der Waals surface area contributed by atoms with Gasteiger partial charge < -0.3 is 16.0 Å². The number of nitrogens with zero attached hydrogens (tertiary/aromatic N) is 1. The lowest BCUT2D eigenvalue weighted by molar-refractivity contribution is -0.124. The number of carbonyl (C=O) groups is 1. The molecule has 3 N–H and O–H groups in total. The van der Waals surface area contributed by atoms with E-state index in [4.69, 9.17) is 5.73 Å². The number of rotatable bonds is 8. The summed E-state index contributed by atoms with van der Waals surface area (Å²) in [5.74, 6) is -0.272. The molecule has 0 heterocycles. The van der Waals surface area contributed by atoms with Crippen molar-refractivity contribution in [2.45, 2.75) is 52.1 Å². The summed E-state index contributed by atoms with van der Waals surface area (Å²) in [6.45, 7) is 9.96. The van der Waals surface area contributed by atoms with Crippen molar-refractivity contribution in [3.63, 3.8) is 0 Å². The molecule has 0 saturated carbocycles. The van der Waals surface area contributed by atoms with Crippen LogP contribution < -0.4 is 11.1 Å². The molecule has 0 aliphatic heterocycles. The Morgan fingerprint density at radius 1 is 1.50 bits per heavy atom. The largest absolute Gasteiger partial charge is 0.368 e. The Kier molecular flexibility index (Phi) is 6.60. The van der Waals surface area contributed by atoms with Crippen molar-refractivity contribution < 1.29 is 4.79 Å². The van der Waals surface area contributed by atoms with Crippen molar-refractivity contribution in [2.24, 2.45) is 5.73 Å². The first-order valence-electron chi connectivity index (χ1n) is 6.12. The molecule has 0 spiro atoms. The second-order valence-electron chi connectivity index (χ2n) is 4.76. The summed E-state index contributed by atoms with van der Waals surface area (Å²) in [6, 6.07) is 0.344. The minimum Gasteiger partial charge on any atom is -0.368 e. The molecule has 4 heteroatoms. The molecule has 0 aromatic rings. The number of nitrogens with two attached hydrogens (primary N) is 1. The van der Waals surface area contributed by atoms with Gasteiger partial charge in [0.2, 0.25) is 5.91 Å². The van der Waals surface area contributed by atoms with Crippen LogP contribution in [-0.4, -0.2) is 42.5 Å². The molecule has 0 saturated heterocycles. The maximum absolute atomic E-state index is 11.5. The van der Waals surface area contributed by atoms with E-state index in [0.29, 0.717) is 6.04 Å². The van der Waals surface area contributed by atoms with Gasteiger partial charge in [-0.05, 0) is 46.8 Å². The molecule has 0 fully saturated rings. The molecule has 0 aromatic carbocycles. The van der Waals surface area contributed by atoms with Gasteiger partial charge in [-0.3, -0.25) is 4.79 Å². The number of hydrogen-bond donors (Lipinski definition) is 2. The SMILES string of the molecule is CCCN(C)C(C)CC(C)(NCC)C(N)=O. The third-order valence-electron chi connectivity index (χ3n) is 3.14. The van der Waals surface area contributed by atoms with Crippen LogP contribution in [0.4, 0.5) is 0 Å². The molecule has 0 bridgehead atoms. The van der Waals surface area contributed by atoms with Gasteiger partial charge in [-0.15, -0.1) is 0 Å². The van der Waals surface area contributed by atoms with Gasteiger partial charge >= 0.3 is 0 Å². The van der Waals surface area contributed by atoms with E-state index in [1.54, 1.807) is 0 Å². The van der Waals surface area contributed by atoms with Gasteiger partial charge in [0.1, 0.15) is 0 Å². The minimum atomic E-state index is -0.601. The lowest BCUT2D eigenvalue weighted by Gasteiger charge is -2.34. The van der Waals surface area contributed by atoms with E-state index < -0.39 is 5.54 Å². The summed E-state index contributed by atoms with van der Waals surface area (Å²) in [7, 11) is 2.08. The van der Waals surface area contributed by atoms with Crippen molar-refractivity contribution in [1.82, 2.24) is 10.2 Å². The van der Waals surface area contributed by atoms with Crippen LogP contribution in [0.2, 0.25) is 0 Å². The van der Waals surface area contributed by atoms with Crippen LogP contribution in [0.5, 0.6) is 0 Å². The predicted molar refractivity (Wildman–Crippen MR) is 68.3 cm³/mol. The molecule has 1 amide bonds. The normalized spacial score (nSPS) is 17.1. The highest BCUT2D eigenvalue weighted by atomic mass is 16.1. The molecular formula is C12H27N3O. The van der Waals surface area contributed by atoms with E-state index in [9.17, 15) is 4.79 Å². The van der Waals surface area contributed by atoms with Crippen molar-refractivity contribution in [3.05, 3.63) is 0 Å². The van der Waals surface area contributed by atoms with Gasteiger partial charge in [-0.2, -0.15) is 0 Å². The Labute approximate surface area is 99.6 Å². The van der Waals surface area contributed by atoms with Crippen LogP contribution in [-0.2, 0) is 4.79 Å². The van der Waals surface area contributed by atoms with Crippen LogP contribution in [0.15, 0.2) is 0 Å². The second kappa shape index (κ2) is 6.86. The van der Waals surface area contributed by atoms with Gasteiger partial charge in [-0.25, -0.2) is 0 Å². The molecule has 0 aliphatic rings. The molecule has 4 nitrogen and oxygen atoms in total. The average Bonchev–Trinajstić information content (AvgIpc) is 2.18. The summed E-state index contributed by atoms with van der Waals surface area (Å²) in [6.07, 6.45) is 1.86. The van der Waals surface area contributed by atoms with E-state index in [2.05, 4.69) is 31.1 Å². The Morgan fingerprint density at radius 2 is 2.06 bits per heavy atom. The minimum absolute atomic E-state index is 0.272. The lowest BCUT2D eigenvalue weighted by atomic mass is 9.92. The van der Waals surface area contributed by atoms with E-state index in [1.807, 2.05) is 13.8 Å². The van der Waals surface area contributed by atoms with Gasteiger partial charge in [0.05, 0.1) is 5.54 Å². The van der Waals surface area contributed by atoms with E-state index >= 15 is 0 Å². The first-order valence-corrected chi connectivity index (χ1v) is 6.12. The van der Waals surface area contributed by atoms with Gasteiger partial charge in [0, 0.05) is 6.04 Å². The van der Waals surface area contributed by atoms with Crippen molar-refractivity contribution >= 4 is 5.91 Å². The van der Waals surface area contributed by atoms with E-state index in [-0.39, 0.29) is 5.91 Å². The molecule has 0 aliphatic carbocycles. The highest BCUT2D eigenvalue weighted by Gasteiger charge is 2.32. The van der Waals surface area contributed by atoms with Crippen molar-refractivity contribution in [3.8, 4) is 0 Å². The zero-order valence-corrected chi connectivity index (χ0v) is 11.3. The fourth-order valence-corrected chi connectivity index (χ4v) is 1.97. The smallest absolute Gasteiger partial charge is 0.237 e. The van der Waals surface area contributed by atoms with Crippen molar-refractivity contribution in [2.75, 3.05) is 20.1 Å². The first kappa shape index (κ1) is 15.4. The number of nitrogens with one attached hydrogen (secondary N) is 1. The van der Waals surface area contributed by atoms with Gasteiger partial charge in [0.25, 0.3) is 0 Å². The molecule has 2 unspecified atom stereocenters. The maximum Gasteiger partial charge on any atom is 0.237 e. The number of likely N-dealkylation sites (N-methyl/N-ethyl adjacent to an activating group) is 1. The fourth-order valence-electron chi connectivity index (χ4n) is 1.97. The molecule has 2 atom stereocenters. The summed E-state index contributed by atoms with van der Waals surface area (Å²) < 4.78 is 0. The molecule has 0 aromatic heterocycles. The summed E-state index contributed by atoms with van der Waals surface area (Å²) in [5.41, 5.74) is 4.86. The second-order valence-corrected chi connectivity index (χ2v) is 4.76. The quantitative estimate of drug-likeness (QED) is 0.652. The van der Waals surface area contributed by atoms with Crippen LogP contribution in [0.1, 0.15) is 40.5 Å². The molecule has 96 valence electrons. The number of amides is 1. The Hall–Kier alpha value is -0.610. The molecule has 16 heavy (non-hydrogen) atoms. The zero-order chi connectivity index (χ0) is 12.8. The number of hydrogen-bond acceptors (Lipinski definition) is 3. The van der Waals surface area contributed by atoms with Crippen LogP contribution in [0.3, 0.4) is 0 Å². The Morgan fingerprint density at radius 3 is 2.44 bits per heavy atom. The fraction of sp³-hybridized carbons (Fsp3) is 0.917. The van der Waals surface area contributed by atoms with Crippen LogP contribution in [0.25, 0.3) is 0 Å². The van der Waals surface area contributed by atoms with E-state index in [0.717, 1.165) is 25.9 Å². The Bertz CT molecular complexity index is 220. The van der Waals surface area contributed by atoms with Gasteiger partial charge in [-0.1, -0.05) is 13.8 Å². The monoisotopic (exact) mass is 229 g/mol. The standard InChI is InChI=1S/C12H27N3O/c1-6-8-15(5)10(3)9-12(4,11(13)16)14-7-2/h10,14H,6-9H2,1-5H3,(H2,13,16). The number of carbonyl (C=O) groups excluding carboxylic acids is 1. The number of primary amides is 1. The van der Waals surface area contributed by atoms with E-state index in [1.165, 1.54) is 0 Å². The predicted octanol–water partition coefficient (Wildman–Crippen LogP) is 0.960. The lowest BCUT2D eigenvalue weighted by Crippen LogP contribution is -2.56. The third kappa shape index (κ3) is 4.49. The highest BCUT2D eigenvalue weighted by molar-refractivity contribution is 5.84. The maximum atomic E-state index is 11.5. The zero-order valence-electron chi connectivity index (χ0n) is 11.3. The summed E-state index contributed by atoms with van der Waals surface area (Å²) in [4.78, 5) is 13.7. The van der Waals surface area contributed by atoms with Crippen LogP contribution in [0, 0.1) is 0 Å².